The van der Waals surface area contributed by atoms with Crippen LogP contribution in [0.5, 0.6) is 5.75 Å². The second kappa shape index (κ2) is 10.1. The second-order valence-corrected chi connectivity index (χ2v) is 7.44. The van der Waals surface area contributed by atoms with Gasteiger partial charge in [-0.1, -0.05) is 18.2 Å². The Morgan fingerprint density at radius 1 is 1.21 bits per heavy atom. The lowest BCUT2D eigenvalue weighted by atomic mass is 9.93. The summed E-state index contributed by atoms with van der Waals surface area (Å²) in [6, 6.07) is 9.54. The van der Waals surface area contributed by atoms with Gasteiger partial charge in [-0.3, -0.25) is 14.5 Å². The van der Waals surface area contributed by atoms with E-state index in [4.69, 9.17) is 4.74 Å². The van der Waals surface area contributed by atoms with Crippen LogP contribution in [-0.4, -0.2) is 65.6 Å². The molecule has 1 aromatic carbocycles. The third kappa shape index (κ3) is 6.05. The number of carbonyl (C=O) groups excluding carboxylic acids is 2. The Bertz CT molecular complexity index is 808. The van der Waals surface area contributed by atoms with Gasteiger partial charge in [0.25, 0.3) is 0 Å². The second-order valence-electron chi connectivity index (χ2n) is 7.44. The van der Waals surface area contributed by atoms with E-state index in [1.165, 1.54) is 6.92 Å². The van der Waals surface area contributed by atoms with E-state index in [9.17, 15) is 9.59 Å². The fourth-order valence-corrected chi connectivity index (χ4v) is 3.77. The maximum absolute atomic E-state index is 12.3. The van der Waals surface area contributed by atoms with Gasteiger partial charge in [0.1, 0.15) is 12.4 Å². The lowest BCUT2D eigenvalue weighted by molar-refractivity contribution is -0.122. The van der Waals surface area contributed by atoms with Gasteiger partial charge in [-0.05, 0) is 18.1 Å². The molecule has 1 saturated heterocycles. The molecule has 0 saturated carbocycles. The normalized spacial score (nSPS) is 19.1. The van der Waals surface area contributed by atoms with E-state index in [1.54, 1.807) is 6.33 Å². The van der Waals surface area contributed by atoms with Gasteiger partial charge >= 0.3 is 0 Å². The Morgan fingerprint density at radius 2 is 2.00 bits per heavy atom. The van der Waals surface area contributed by atoms with E-state index < -0.39 is 0 Å². The number of benzene rings is 1. The van der Waals surface area contributed by atoms with Gasteiger partial charge < -0.3 is 19.9 Å². The van der Waals surface area contributed by atoms with E-state index in [0.717, 1.165) is 24.5 Å². The van der Waals surface area contributed by atoms with Crippen LogP contribution in [0.25, 0.3) is 0 Å². The number of nitrogens with one attached hydrogen (secondary N) is 2. The lowest BCUT2D eigenvalue weighted by Crippen LogP contribution is -2.38. The molecule has 0 bridgehead atoms. The largest absolute Gasteiger partial charge is 0.492 e. The molecule has 156 valence electrons. The number of hydrogen-bond acceptors (Lipinski definition) is 5. The molecule has 3 rings (SSSR count). The van der Waals surface area contributed by atoms with Crippen molar-refractivity contribution >= 4 is 11.8 Å². The number of hydrogen-bond donors (Lipinski definition) is 2. The minimum atomic E-state index is -0.0386. The predicted molar refractivity (Wildman–Crippen MR) is 110 cm³/mol. The number of carbonyl (C=O) groups is 2. The first-order valence-corrected chi connectivity index (χ1v) is 9.90. The third-order valence-corrected chi connectivity index (χ3v) is 5.17. The molecule has 2 N–H and O–H groups in total. The van der Waals surface area contributed by atoms with Crippen molar-refractivity contribution in [2.24, 2.45) is 13.0 Å². The Hall–Kier alpha value is -2.87. The van der Waals surface area contributed by atoms with E-state index in [1.807, 2.05) is 48.1 Å². The molecular weight excluding hydrogens is 370 g/mol. The highest BCUT2D eigenvalue weighted by Crippen LogP contribution is 2.31. The van der Waals surface area contributed by atoms with E-state index >= 15 is 0 Å². The van der Waals surface area contributed by atoms with E-state index in [2.05, 4.69) is 20.5 Å². The molecule has 0 radical (unpaired) electrons. The monoisotopic (exact) mass is 399 g/mol. The summed E-state index contributed by atoms with van der Waals surface area (Å²) in [5, 5.41) is 5.83. The smallest absolute Gasteiger partial charge is 0.234 e. The van der Waals surface area contributed by atoms with Crippen molar-refractivity contribution < 1.29 is 14.3 Å². The zero-order chi connectivity index (χ0) is 20.6. The molecule has 0 aliphatic carbocycles. The fraction of sp³-hybridized carbons (Fsp3) is 0.476. The minimum absolute atomic E-state index is 0.0226. The predicted octanol–water partition coefficient (Wildman–Crippen LogP) is 0.767. The van der Waals surface area contributed by atoms with E-state index in [0.29, 0.717) is 26.2 Å². The van der Waals surface area contributed by atoms with Crippen molar-refractivity contribution in [2.45, 2.75) is 12.8 Å². The van der Waals surface area contributed by atoms with Crippen LogP contribution in [0, 0.1) is 5.92 Å². The minimum Gasteiger partial charge on any atom is -0.492 e. The number of para-hydroxylation sites is 1. The maximum Gasteiger partial charge on any atom is 0.234 e. The molecule has 1 aliphatic heterocycles. The number of ether oxygens (including phenoxy) is 1. The van der Waals surface area contributed by atoms with Crippen LogP contribution in [-0.2, 0) is 16.6 Å². The van der Waals surface area contributed by atoms with E-state index in [-0.39, 0.29) is 23.7 Å². The van der Waals surface area contributed by atoms with Gasteiger partial charge in [-0.15, -0.1) is 0 Å². The Kier molecular flexibility index (Phi) is 7.24. The first-order valence-electron chi connectivity index (χ1n) is 9.90. The number of nitrogens with zero attached hydrogens (tertiary/aromatic N) is 3. The van der Waals surface area contributed by atoms with Crippen molar-refractivity contribution in [2.75, 3.05) is 39.3 Å². The molecule has 0 spiro atoms. The van der Waals surface area contributed by atoms with Crippen LogP contribution < -0.4 is 15.4 Å². The van der Waals surface area contributed by atoms with Crippen molar-refractivity contribution in [3.05, 3.63) is 48.5 Å². The zero-order valence-corrected chi connectivity index (χ0v) is 17.0. The van der Waals surface area contributed by atoms with Crippen LogP contribution in [0.3, 0.4) is 0 Å². The number of aryl methyl sites for hydroxylation is 1. The standard InChI is InChI=1S/C21H29N5O3/c1-16(27)24-10-17-12-26(13-19(17)20-11-22-15-25(20)2)14-21(28)23-8-9-29-18-6-4-3-5-7-18/h3-7,11,15,17,19H,8-10,12-14H2,1-2H3,(H,23,28)(H,24,27)/t17-,19-/m1/s1. The van der Waals surface area contributed by atoms with Crippen LogP contribution in [0.15, 0.2) is 42.9 Å². The van der Waals surface area contributed by atoms with Crippen LogP contribution >= 0.6 is 0 Å². The molecule has 1 fully saturated rings. The Morgan fingerprint density at radius 3 is 2.69 bits per heavy atom. The Balaban J connectivity index is 1.47. The van der Waals surface area contributed by atoms with Gasteiger partial charge in [0, 0.05) is 51.4 Å². The number of amides is 2. The summed E-state index contributed by atoms with van der Waals surface area (Å²) in [4.78, 5) is 30.1. The van der Waals surface area contributed by atoms with Gasteiger partial charge in [0.2, 0.25) is 11.8 Å². The lowest BCUT2D eigenvalue weighted by Gasteiger charge is -2.18. The quantitative estimate of drug-likeness (QED) is 0.608. The molecule has 8 heteroatoms. The highest BCUT2D eigenvalue weighted by molar-refractivity contribution is 5.78. The van der Waals surface area contributed by atoms with Crippen molar-refractivity contribution in [3.8, 4) is 5.75 Å². The number of aromatic nitrogens is 2. The Labute approximate surface area is 171 Å². The summed E-state index contributed by atoms with van der Waals surface area (Å²) in [5.41, 5.74) is 1.12. The van der Waals surface area contributed by atoms with Crippen molar-refractivity contribution in [3.63, 3.8) is 0 Å². The summed E-state index contributed by atoms with van der Waals surface area (Å²) in [5.74, 6) is 1.20. The summed E-state index contributed by atoms with van der Waals surface area (Å²) >= 11 is 0. The maximum atomic E-state index is 12.3. The molecule has 0 unspecified atom stereocenters. The SMILES string of the molecule is CC(=O)NC[C@@H]1CN(CC(=O)NCCOc2ccccc2)C[C@H]1c1cncn1C. The number of likely N-dealkylation sites (tertiary alicyclic amines) is 1. The highest BCUT2D eigenvalue weighted by atomic mass is 16.5. The average Bonchev–Trinajstić information content (AvgIpc) is 3.30. The van der Waals surface area contributed by atoms with Crippen LogP contribution in [0.1, 0.15) is 18.5 Å². The first kappa shape index (κ1) is 20.9. The zero-order valence-electron chi connectivity index (χ0n) is 17.0. The van der Waals surface area contributed by atoms with Crippen molar-refractivity contribution in [1.82, 2.24) is 25.1 Å². The highest BCUT2D eigenvalue weighted by Gasteiger charge is 2.35. The van der Waals surface area contributed by atoms with Gasteiger partial charge in [0.05, 0.1) is 19.4 Å². The summed E-state index contributed by atoms with van der Waals surface area (Å²) in [7, 11) is 1.97. The summed E-state index contributed by atoms with van der Waals surface area (Å²) in [6.45, 7) is 4.85. The van der Waals surface area contributed by atoms with Gasteiger partial charge in [-0.2, -0.15) is 0 Å². The molecule has 2 atom stereocenters. The third-order valence-electron chi connectivity index (χ3n) is 5.17. The molecule has 2 aromatic rings. The van der Waals surface area contributed by atoms with Crippen LogP contribution in [0.2, 0.25) is 0 Å². The molecule has 8 nitrogen and oxygen atoms in total. The topological polar surface area (TPSA) is 88.5 Å². The summed E-state index contributed by atoms with van der Waals surface area (Å²) in [6.07, 6.45) is 3.66. The molecule has 2 amide bonds. The average molecular weight is 399 g/mol. The summed E-state index contributed by atoms with van der Waals surface area (Å²) < 4.78 is 7.61. The molecule has 2 heterocycles. The molecule has 1 aliphatic rings. The van der Waals surface area contributed by atoms with Crippen molar-refractivity contribution in [1.29, 1.82) is 0 Å². The fourth-order valence-electron chi connectivity index (χ4n) is 3.77. The number of imidazole rings is 1. The molecular formula is C21H29N5O3. The first-order chi connectivity index (χ1) is 14.0. The molecule has 1 aromatic heterocycles. The van der Waals surface area contributed by atoms with Crippen LogP contribution in [0.4, 0.5) is 0 Å². The van der Waals surface area contributed by atoms with Gasteiger partial charge in [0.15, 0.2) is 0 Å². The molecule has 29 heavy (non-hydrogen) atoms. The van der Waals surface area contributed by atoms with Gasteiger partial charge in [-0.25, -0.2) is 4.98 Å². The number of rotatable bonds is 9.